The predicted octanol–water partition coefficient (Wildman–Crippen LogP) is 0.623. The molecule has 16 heavy (non-hydrogen) atoms. The summed E-state index contributed by atoms with van der Waals surface area (Å²) in [5.41, 5.74) is 8.09. The molecule has 1 fully saturated rings. The quantitative estimate of drug-likeness (QED) is 0.681. The van der Waals surface area contributed by atoms with E-state index < -0.39 is 0 Å². The number of nitrogens with two attached hydrogens (primary N) is 1. The lowest BCUT2D eigenvalue weighted by Gasteiger charge is -2.28. The van der Waals surface area contributed by atoms with Crippen molar-refractivity contribution in [1.29, 1.82) is 0 Å². The van der Waals surface area contributed by atoms with E-state index in [1.165, 1.54) is 0 Å². The van der Waals surface area contributed by atoms with Gasteiger partial charge >= 0.3 is 0 Å². The molecule has 2 rings (SSSR count). The fraction of sp³-hybridized carbons (Fsp3) is 0.417. The van der Waals surface area contributed by atoms with Crippen molar-refractivity contribution in [1.82, 2.24) is 10.2 Å². The highest BCUT2D eigenvalue weighted by Crippen LogP contribution is 2.17. The average molecular weight is 219 g/mol. The van der Waals surface area contributed by atoms with Crippen molar-refractivity contribution in [2.75, 3.05) is 31.9 Å². The third-order valence-electron chi connectivity index (χ3n) is 3.01. The Hall–Kier alpha value is -1.55. The summed E-state index contributed by atoms with van der Waals surface area (Å²) >= 11 is 0. The van der Waals surface area contributed by atoms with Crippen LogP contribution in [0.2, 0.25) is 0 Å². The molecule has 0 radical (unpaired) electrons. The van der Waals surface area contributed by atoms with Crippen LogP contribution in [0.4, 0.5) is 5.69 Å². The Morgan fingerprint density at radius 3 is 2.75 bits per heavy atom. The summed E-state index contributed by atoms with van der Waals surface area (Å²) in [5, 5.41) is 3.23. The maximum Gasteiger partial charge on any atom is 0.254 e. The maximum atomic E-state index is 12.2. The van der Waals surface area contributed by atoms with E-state index in [1.807, 2.05) is 30.0 Å². The van der Waals surface area contributed by atoms with Gasteiger partial charge < -0.3 is 16.0 Å². The molecule has 4 heteroatoms. The second kappa shape index (κ2) is 4.53. The Kier molecular flexibility index (Phi) is 3.10. The van der Waals surface area contributed by atoms with Crippen LogP contribution in [0, 0.1) is 6.92 Å². The van der Waals surface area contributed by atoms with Gasteiger partial charge in [0.15, 0.2) is 0 Å². The molecule has 1 aromatic carbocycles. The van der Waals surface area contributed by atoms with Crippen LogP contribution in [0.1, 0.15) is 15.9 Å². The molecule has 1 aromatic rings. The molecule has 1 saturated heterocycles. The van der Waals surface area contributed by atoms with Crippen LogP contribution < -0.4 is 11.1 Å². The molecule has 0 aromatic heterocycles. The summed E-state index contributed by atoms with van der Waals surface area (Å²) in [6.45, 7) is 5.17. The molecular weight excluding hydrogens is 202 g/mol. The molecule has 0 aliphatic carbocycles. The van der Waals surface area contributed by atoms with Gasteiger partial charge in [0.25, 0.3) is 5.91 Å². The third-order valence-corrected chi connectivity index (χ3v) is 3.01. The first-order valence-electron chi connectivity index (χ1n) is 5.55. The molecule has 1 heterocycles. The van der Waals surface area contributed by atoms with Crippen LogP contribution in [0.25, 0.3) is 0 Å². The molecule has 1 aliphatic rings. The smallest absolute Gasteiger partial charge is 0.254 e. The Morgan fingerprint density at radius 1 is 1.38 bits per heavy atom. The van der Waals surface area contributed by atoms with Gasteiger partial charge in [-0.15, -0.1) is 0 Å². The fourth-order valence-electron chi connectivity index (χ4n) is 1.92. The lowest BCUT2D eigenvalue weighted by Crippen LogP contribution is -2.46. The Balaban J connectivity index is 2.22. The fourth-order valence-corrected chi connectivity index (χ4v) is 1.92. The van der Waals surface area contributed by atoms with Gasteiger partial charge in [-0.05, 0) is 24.6 Å². The average Bonchev–Trinajstić information content (AvgIpc) is 2.33. The predicted molar refractivity (Wildman–Crippen MR) is 64.4 cm³/mol. The number of amides is 1. The van der Waals surface area contributed by atoms with Crippen LogP contribution in [-0.4, -0.2) is 37.0 Å². The summed E-state index contributed by atoms with van der Waals surface area (Å²) in [4.78, 5) is 14.1. The largest absolute Gasteiger partial charge is 0.398 e. The number of nitrogens with one attached hydrogen (secondary N) is 1. The SMILES string of the molecule is Cc1c(N)cccc1C(=O)N1CCNCC1. The molecule has 0 saturated carbocycles. The zero-order chi connectivity index (χ0) is 11.5. The van der Waals surface area contributed by atoms with E-state index in [9.17, 15) is 4.79 Å². The number of nitrogens with zero attached hydrogens (tertiary/aromatic N) is 1. The van der Waals surface area contributed by atoms with Crippen LogP contribution in [0.3, 0.4) is 0 Å². The van der Waals surface area contributed by atoms with Crippen molar-refractivity contribution in [3.63, 3.8) is 0 Å². The molecule has 1 aliphatic heterocycles. The molecule has 0 unspecified atom stereocenters. The summed E-state index contributed by atoms with van der Waals surface area (Å²) in [5.74, 6) is 0.0892. The van der Waals surface area contributed by atoms with E-state index in [4.69, 9.17) is 5.73 Å². The van der Waals surface area contributed by atoms with Crippen LogP contribution in [-0.2, 0) is 0 Å². The summed E-state index contributed by atoms with van der Waals surface area (Å²) in [6, 6.07) is 5.50. The summed E-state index contributed by atoms with van der Waals surface area (Å²) in [7, 11) is 0. The van der Waals surface area contributed by atoms with Gasteiger partial charge in [-0.25, -0.2) is 0 Å². The van der Waals surface area contributed by atoms with Gasteiger partial charge in [-0.3, -0.25) is 4.79 Å². The molecule has 0 atom stereocenters. The van der Waals surface area contributed by atoms with E-state index in [1.54, 1.807) is 0 Å². The topological polar surface area (TPSA) is 58.4 Å². The first-order valence-corrected chi connectivity index (χ1v) is 5.55. The number of carbonyl (C=O) groups is 1. The van der Waals surface area contributed by atoms with Gasteiger partial charge in [0, 0.05) is 37.4 Å². The highest BCUT2D eigenvalue weighted by atomic mass is 16.2. The molecule has 86 valence electrons. The first-order chi connectivity index (χ1) is 7.70. The lowest BCUT2D eigenvalue weighted by atomic mass is 10.1. The minimum atomic E-state index is 0.0892. The summed E-state index contributed by atoms with van der Waals surface area (Å²) < 4.78 is 0. The van der Waals surface area contributed by atoms with Gasteiger partial charge in [0.2, 0.25) is 0 Å². The van der Waals surface area contributed by atoms with Crippen molar-refractivity contribution >= 4 is 11.6 Å². The monoisotopic (exact) mass is 219 g/mol. The second-order valence-corrected chi connectivity index (χ2v) is 4.06. The van der Waals surface area contributed by atoms with Crippen LogP contribution in [0.5, 0.6) is 0 Å². The highest BCUT2D eigenvalue weighted by molar-refractivity contribution is 5.97. The van der Waals surface area contributed by atoms with Crippen molar-refractivity contribution in [3.8, 4) is 0 Å². The van der Waals surface area contributed by atoms with E-state index in [0.717, 1.165) is 37.3 Å². The van der Waals surface area contributed by atoms with E-state index >= 15 is 0 Å². The first kappa shape index (κ1) is 11.0. The second-order valence-electron chi connectivity index (χ2n) is 4.06. The number of rotatable bonds is 1. The third kappa shape index (κ3) is 2.02. The number of nitrogen functional groups attached to an aromatic ring is 1. The van der Waals surface area contributed by atoms with Gasteiger partial charge in [0.05, 0.1) is 0 Å². The molecule has 1 amide bonds. The number of anilines is 1. The van der Waals surface area contributed by atoms with E-state index in [-0.39, 0.29) is 5.91 Å². The van der Waals surface area contributed by atoms with Crippen molar-refractivity contribution in [2.45, 2.75) is 6.92 Å². The van der Waals surface area contributed by atoms with Gasteiger partial charge in [-0.2, -0.15) is 0 Å². The zero-order valence-electron chi connectivity index (χ0n) is 9.49. The maximum absolute atomic E-state index is 12.2. The summed E-state index contributed by atoms with van der Waals surface area (Å²) in [6.07, 6.45) is 0. The van der Waals surface area contributed by atoms with E-state index in [0.29, 0.717) is 5.69 Å². The van der Waals surface area contributed by atoms with E-state index in [2.05, 4.69) is 5.32 Å². The Bertz CT molecular complexity index is 397. The van der Waals surface area contributed by atoms with Gasteiger partial charge in [0.1, 0.15) is 0 Å². The molecule has 4 nitrogen and oxygen atoms in total. The standard InChI is InChI=1S/C12H17N3O/c1-9-10(3-2-4-11(9)13)12(16)15-7-5-14-6-8-15/h2-4,14H,5-8,13H2,1H3. The van der Waals surface area contributed by atoms with Gasteiger partial charge in [-0.1, -0.05) is 6.07 Å². The molecule has 0 bridgehead atoms. The number of hydrogen-bond donors (Lipinski definition) is 2. The molecule has 3 N–H and O–H groups in total. The molecular formula is C12H17N3O. The number of carbonyl (C=O) groups excluding carboxylic acids is 1. The minimum absolute atomic E-state index is 0.0892. The van der Waals surface area contributed by atoms with Crippen molar-refractivity contribution < 1.29 is 4.79 Å². The Labute approximate surface area is 95.4 Å². The lowest BCUT2D eigenvalue weighted by molar-refractivity contribution is 0.0735. The minimum Gasteiger partial charge on any atom is -0.398 e. The number of piperazine rings is 1. The normalized spacial score (nSPS) is 16.2. The van der Waals surface area contributed by atoms with Crippen LogP contribution in [0.15, 0.2) is 18.2 Å². The van der Waals surface area contributed by atoms with Crippen molar-refractivity contribution in [2.24, 2.45) is 0 Å². The van der Waals surface area contributed by atoms with Crippen LogP contribution >= 0.6 is 0 Å². The zero-order valence-corrected chi connectivity index (χ0v) is 9.49. The highest BCUT2D eigenvalue weighted by Gasteiger charge is 2.19. The number of hydrogen-bond acceptors (Lipinski definition) is 3. The number of benzene rings is 1. The molecule has 0 spiro atoms. The Morgan fingerprint density at radius 2 is 2.06 bits per heavy atom. The van der Waals surface area contributed by atoms with Crippen molar-refractivity contribution in [3.05, 3.63) is 29.3 Å².